The minimum Gasteiger partial charge on any atom is -0.376 e. The van der Waals surface area contributed by atoms with Crippen molar-refractivity contribution in [2.45, 2.75) is 58.0 Å². The highest BCUT2D eigenvalue weighted by molar-refractivity contribution is 5.74. The molecule has 0 saturated carbocycles. The second-order valence-corrected chi connectivity index (χ2v) is 5.45. The average Bonchev–Trinajstić information content (AvgIpc) is 2.80. The lowest BCUT2D eigenvalue weighted by atomic mass is 10.1. The van der Waals surface area contributed by atoms with E-state index in [1.54, 1.807) is 0 Å². The van der Waals surface area contributed by atoms with E-state index in [1.165, 1.54) is 0 Å². The summed E-state index contributed by atoms with van der Waals surface area (Å²) < 4.78 is 11.2. The third-order valence-corrected chi connectivity index (χ3v) is 3.58. The normalized spacial score (nSPS) is 34.4. The Hall–Kier alpha value is -0.810. The Morgan fingerprint density at radius 1 is 1.33 bits per heavy atom. The van der Waals surface area contributed by atoms with Crippen LogP contribution in [0.4, 0.5) is 4.79 Å². The Kier molecular flexibility index (Phi) is 4.45. The van der Waals surface area contributed by atoms with E-state index >= 15 is 0 Å². The van der Waals surface area contributed by atoms with Gasteiger partial charge in [-0.2, -0.15) is 0 Å². The third-order valence-electron chi connectivity index (χ3n) is 3.58. The van der Waals surface area contributed by atoms with Crippen molar-refractivity contribution in [2.24, 2.45) is 0 Å². The summed E-state index contributed by atoms with van der Waals surface area (Å²) in [7, 11) is 0. The molecule has 2 fully saturated rings. The number of morpholine rings is 1. The van der Waals surface area contributed by atoms with Crippen LogP contribution in [-0.2, 0) is 9.47 Å². The number of ether oxygens (including phenoxy) is 2. The van der Waals surface area contributed by atoms with Crippen LogP contribution in [0.1, 0.15) is 33.6 Å². The molecule has 0 aromatic rings. The molecule has 0 spiro atoms. The van der Waals surface area contributed by atoms with E-state index < -0.39 is 0 Å². The smallest absolute Gasteiger partial charge is 0.317 e. The summed E-state index contributed by atoms with van der Waals surface area (Å²) in [5.41, 5.74) is 0. The summed E-state index contributed by atoms with van der Waals surface area (Å²) in [5, 5.41) is 3.04. The number of urea groups is 1. The van der Waals surface area contributed by atoms with Gasteiger partial charge in [0.1, 0.15) is 0 Å². The molecule has 2 aliphatic heterocycles. The molecule has 2 amide bonds. The van der Waals surface area contributed by atoms with Crippen molar-refractivity contribution in [2.75, 3.05) is 19.7 Å². The van der Waals surface area contributed by atoms with Crippen molar-refractivity contribution in [1.29, 1.82) is 0 Å². The first-order chi connectivity index (χ1) is 8.56. The average molecular weight is 256 g/mol. The fourth-order valence-corrected chi connectivity index (χ4v) is 2.72. The minimum absolute atomic E-state index is 0. The predicted octanol–water partition coefficient (Wildman–Crippen LogP) is 1.37. The van der Waals surface area contributed by atoms with E-state index in [2.05, 4.69) is 5.32 Å². The zero-order valence-electron chi connectivity index (χ0n) is 11.5. The Morgan fingerprint density at radius 2 is 2.00 bits per heavy atom. The quantitative estimate of drug-likeness (QED) is 0.812. The molecule has 0 aliphatic carbocycles. The number of carbonyl (C=O) groups is 1. The molecule has 0 bridgehead atoms. The van der Waals surface area contributed by atoms with E-state index in [4.69, 9.17) is 9.47 Å². The summed E-state index contributed by atoms with van der Waals surface area (Å²) in [6.07, 6.45) is 2.52. The molecule has 104 valence electrons. The van der Waals surface area contributed by atoms with Crippen molar-refractivity contribution in [3.8, 4) is 0 Å². The van der Waals surface area contributed by atoms with Crippen LogP contribution in [0.5, 0.6) is 0 Å². The van der Waals surface area contributed by atoms with Crippen LogP contribution in [0.3, 0.4) is 0 Å². The molecule has 2 aliphatic rings. The molecule has 4 unspecified atom stereocenters. The van der Waals surface area contributed by atoms with Crippen molar-refractivity contribution in [1.82, 2.24) is 10.2 Å². The Morgan fingerprint density at radius 3 is 2.56 bits per heavy atom. The molecule has 18 heavy (non-hydrogen) atoms. The molecule has 0 aromatic carbocycles. The SMILES string of the molecule is CC1CN(C(=O)NC(C)C2CCCO2)CC(C)O1. The van der Waals surface area contributed by atoms with Crippen LogP contribution < -0.4 is 5.32 Å². The van der Waals surface area contributed by atoms with Gasteiger partial charge in [-0.1, -0.05) is 0 Å². The molecule has 0 radical (unpaired) electrons. The number of nitrogens with one attached hydrogen (secondary N) is 1. The molecule has 2 heterocycles. The molecule has 2 saturated heterocycles. The first-order valence-electron chi connectivity index (χ1n) is 6.88. The molecular weight excluding hydrogens is 232 g/mol. The maximum absolute atomic E-state index is 12.2. The van der Waals surface area contributed by atoms with Gasteiger partial charge in [0.2, 0.25) is 0 Å². The molecule has 5 heteroatoms. The Bertz CT molecular complexity index is 282. The second-order valence-electron chi connectivity index (χ2n) is 5.45. The van der Waals surface area contributed by atoms with Crippen LogP contribution in [0.15, 0.2) is 0 Å². The number of hydrogen-bond donors (Lipinski definition) is 1. The standard InChI is InChI=1S/C13H24N2O3/c1-9-7-15(8-10(2)18-9)13(16)14-11(3)12-5-4-6-17-12/h9-12H,4-8H2,1-3H3,(H,14,16). The summed E-state index contributed by atoms with van der Waals surface area (Å²) >= 11 is 0. The number of rotatable bonds is 2. The topological polar surface area (TPSA) is 50.8 Å². The maximum Gasteiger partial charge on any atom is 0.317 e. The van der Waals surface area contributed by atoms with Crippen LogP contribution in [0.25, 0.3) is 0 Å². The van der Waals surface area contributed by atoms with E-state index in [0.29, 0.717) is 13.1 Å². The van der Waals surface area contributed by atoms with Gasteiger partial charge >= 0.3 is 6.03 Å². The van der Waals surface area contributed by atoms with Gasteiger partial charge in [0.05, 0.1) is 24.4 Å². The van der Waals surface area contributed by atoms with Crippen molar-refractivity contribution in [3.05, 3.63) is 0 Å². The number of carbonyl (C=O) groups excluding carboxylic acids is 1. The lowest BCUT2D eigenvalue weighted by molar-refractivity contribution is -0.0551. The number of amides is 2. The van der Waals surface area contributed by atoms with E-state index in [-0.39, 0.29) is 30.4 Å². The van der Waals surface area contributed by atoms with Crippen LogP contribution in [-0.4, -0.2) is 55.0 Å². The van der Waals surface area contributed by atoms with E-state index in [0.717, 1.165) is 19.4 Å². The zero-order chi connectivity index (χ0) is 13.1. The van der Waals surface area contributed by atoms with Gasteiger partial charge in [-0.25, -0.2) is 4.79 Å². The van der Waals surface area contributed by atoms with Crippen LogP contribution >= 0.6 is 0 Å². The third kappa shape index (κ3) is 3.36. The van der Waals surface area contributed by atoms with Gasteiger partial charge in [0, 0.05) is 19.7 Å². The minimum atomic E-state index is 0. The highest BCUT2D eigenvalue weighted by atomic mass is 16.5. The monoisotopic (exact) mass is 256 g/mol. The summed E-state index contributed by atoms with van der Waals surface area (Å²) in [6.45, 7) is 8.15. The molecule has 5 nitrogen and oxygen atoms in total. The number of hydrogen-bond acceptors (Lipinski definition) is 3. The molecule has 0 aromatic heterocycles. The fourth-order valence-electron chi connectivity index (χ4n) is 2.72. The molecule has 2 rings (SSSR count). The largest absolute Gasteiger partial charge is 0.376 e. The van der Waals surface area contributed by atoms with Crippen LogP contribution in [0, 0.1) is 0 Å². The van der Waals surface area contributed by atoms with Crippen molar-refractivity contribution < 1.29 is 14.3 Å². The maximum atomic E-state index is 12.2. The van der Waals surface area contributed by atoms with Crippen LogP contribution in [0.2, 0.25) is 0 Å². The molecule has 4 atom stereocenters. The first-order valence-corrected chi connectivity index (χ1v) is 6.88. The van der Waals surface area contributed by atoms with E-state index in [1.807, 2.05) is 25.7 Å². The summed E-state index contributed by atoms with van der Waals surface area (Å²) in [4.78, 5) is 14.0. The first kappa shape index (κ1) is 13.6. The predicted molar refractivity (Wildman–Crippen MR) is 68.5 cm³/mol. The fraction of sp³-hybridized carbons (Fsp3) is 0.923. The van der Waals surface area contributed by atoms with Crippen molar-refractivity contribution in [3.63, 3.8) is 0 Å². The van der Waals surface area contributed by atoms with Gasteiger partial charge in [-0.3, -0.25) is 0 Å². The zero-order valence-corrected chi connectivity index (χ0v) is 11.5. The summed E-state index contributed by atoms with van der Waals surface area (Å²) in [5.74, 6) is 0. The van der Waals surface area contributed by atoms with Gasteiger partial charge < -0.3 is 19.7 Å². The van der Waals surface area contributed by atoms with Gasteiger partial charge in [-0.05, 0) is 33.6 Å². The van der Waals surface area contributed by atoms with E-state index in [9.17, 15) is 4.79 Å². The lowest BCUT2D eigenvalue weighted by Gasteiger charge is -2.36. The summed E-state index contributed by atoms with van der Waals surface area (Å²) in [6, 6.07) is 0.0773. The highest BCUT2D eigenvalue weighted by Crippen LogP contribution is 2.16. The Balaban J connectivity index is 1.83. The lowest BCUT2D eigenvalue weighted by Crippen LogP contribution is -2.54. The van der Waals surface area contributed by atoms with Crippen molar-refractivity contribution >= 4 is 6.03 Å². The van der Waals surface area contributed by atoms with Gasteiger partial charge in [-0.15, -0.1) is 0 Å². The van der Waals surface area contributed by atoms with Gasteiger partial charge in [0.25, 0.3) is 0 Å². The number of nitrogens with zero attached hydrogens (tertiary/aromatic N) is 1. The van der Waals surface area contributed by atoms with Gasteiger partial charge in [0.15, 0.2) is 0 Å². The molecule has 1 N–H and O–H groups in total. The highest BCUT2D eigenvalue weighted by Gasteiger charge is 2.29. The Labute approximate surface area is 109 Å². The molecular formula is C13H24N2O3. The second kappa shape index (κ2) is 5.89.